The van der Waals surface area contributed by atoms with Gasteiger partial charge >= 0.3 is 0 Å². The van der Waals surface area contributed by atoms with Crippen LogP contribution in [0.1, 0.15) is 22.8 Å². The van der Waals surface area contributed by atoms with Crippen LogP contribution in [-0.4, -0.2) is 56.3 Å². The summed E-state index contributed by atoms with van der Waals surface area (Å²) in [5, 5.41) is 11.5. The number of nitriles is 1. The molecule has 0 spiro atoms. The Kier molecular flexibility index (Phi) is 7.21. The number of rotatable bonds is 7. The molecule has 2 aromatic carbocycles. The number of hydrogen-bond acceptors (Lipinski definition) is 5. The van der Waals surface area contributed by atoms with Crippen LogP contribution >= 0.6 is 0 Å². The molecule has 1 amide bonds. The maximum absolute atomic E-state index is 13.1. The second-order valence-corrected chi connectivity index (χ2v) is 9.37. The Labute approximate surface area is 178 Å². The highest BCUT2D eigenvalue weighted by molar-refractivity contribution is 7.89. The van der Waals surface area contributed by atoms with Crippen LogP contribution in [0.2, 0.25) is 0 Å². The summed E-state index contributed by atoms with van der Waals surface area (Å²) in [6.45, 7) is 4.84. The molecule has 1 atom stereocenters. The Hall–Kier alpha value is -2.73. The van der Waals surface area contributed by atoms with Gasteiger partial charge in [-0.25, -0.2) is 8.42 Å². The van der Waals surface area contributed by atoms with Crippen LogP contribution in [0.5, 0.6) is 0 Å². The van der Waals surface area contributed by atoms with Gasteiger partial charge in [-0.15, -0.1) is 0 Å². The van der Waals surface area contributed by atoms with E-state index >= 15 is 0 Å². The highest BCUT2D eigenvalue weighted by atomic mass is 32.2. The Morgan fingerprint density at radius 1 is 1.10 bits per heavy atom. The lowest BCUT2D eigenvalue weighted by atomic mass is 10.2. The minimum Gasteiger partial charge on any atom is -0.351 e. The number of benzene rings is 2. The van der Waals surface area contributed by atoms with E-state index in [0.29, 0.717) is 26.2 Å². The fourth-order valence-corrected chi connectivity index (χ4v) is 4.78. The molecule has 30 heavy (non-hydrogen) atoms. The van der Waals surface area contributed by atoms with Crippen molar-refractivity contribution in [3.63, 3.8) is 0 Å². The van der Waals surface area contributed by atoms with Gasteiger partial charge in [-0.2, -0.15) is 9.57 Å². The summed E-state index contributed by atoms with van der Waals surface area (Å²) in [5.41, 5.74) is 1.47. The van der Waals surface area contributed by atoms with Crippen LogP contribution in [0, 0.1) is 17.2 Å². The zero-order valence-corrected chi connectivity index (χ0v) is 17.8. The first-order chi connectivity index (χ1) is 14.4. The number of piperazine rings is 1. The minimum atomic E-state index is -3.68. The van der Waals surface area contributed by atoms with Crippen LogP contribution in [-0.2, 0) is 16.6 Å². The van der Waals surface area contributed by atoms with Gasteiger partial charge in [0.1, 0.15) is 0 Å². The zero-order chi connectivity index (χ0) is 21.6. The first-order valence-corrected chi connectivity index (χ1v) is 11.4. The fraction of sp³-hybridized carbons (Fsp3) is 0.364. The molecule has 0 radical (unpaired) electrons. The number of nitrogens with zero attached hydrogens (tertiary/aromatic N) is 3. The maximum Gasteiger partial charge on any atom is 0.251 e. The number of amides is 1. The molecule has 7 nitrogen and oxygen atoms in total. The van der Waals surface area contributed by atoms with Crippen LogP contribution in [0.4, 0.5) is 0 Å². The minimum absolute atomic E-state index is 0.111. The first-order valence-electron chi connectivity index (χ1n) is 9.94. The summed E-state index contributed by atoms with van der Waals surface area (Å²) in [7, 11) is -3.68. The van der Waals surface area contributed by atoms with E-state index in [1.54, 1.807) is 19.1 Å². The molecule has 0 aliphatic carbocycles. The molecular weight excluding hydrogens is 400 g/mol. The van der Waals surface area contributed by atoms with E-state index < -0.39 is 10.0 Å². The quantitative estimate of drug-likeness (QED) is 0.732. The molecule has 1 fully saturated rings. The molecule has 0 aromatic heterocycles. The van der Waals surface area contributed by atoms with E-state index in [0.717, 1.165) is 6.54 Å². The first kappa shape index (κ1) is 22.0. The van der Waals surface area contributed by atoms with Gasteiger partial charge in [0, 0.05) is 44.8 Å². The summed E-state index contributed by atoms with van der Waals surface area (Å²) in [6.07, 6.45) is 0. The van der Waals surface area contributed by atoms with Crippen LogP contribution < -0.4 is 5.32 Å². The molecule has 0 bridgehead atoms. The Morgan fingerprint density at radius 2 is 1.80 bits per heavy atom. The van der Waals surface area contributed by atoms with Gasteiger partial charge in [0.25, 0.3) is 5.91 Å². The molecule has 1 saturated heterocycles. The topological polar surface area (TPSA) is 93.5 Å². The standard InChI is InChI=1S/C22H26N4O3S/c1-18(15-23)16-24-22(27)20-8-5-9-21(14-20)30(28,29)26-12-10-25(11-13-26)17-19-6-3-2-4-7-19/h2-9,14,18H,10-13,16-17H2,1H3,(H,24,27). The van der Waals surface area contributed by atoms with E-state index in [9.17, 15) is 13.2 Å². The fourth-order valence-electron chi connectivity index (χ4n) is 3.31. The van der Waals surface area contributed by atoms with Crippen molar-refractivity contribution in [2.24, 2.45) is 5.92 Å². The molecule has 8 heteroatoms. The van der Waals surface area contributed by atoms with Gasteiger partial charge in [0.2, 0.25) is 10.0 Å². The third-order valence-electron chi connectivity index (χ3n) is 5.10. The van der Waals surface area contributed by atoms with E-state index in [1.165, 1.54) is 22.0 Å². The van der Waals surface area contributed by atoms with Gasteiger partial charge in [-0.1, -0.05) is 36.4 Å². The van der Waals surface area contributed by atoms with Crippen molar-refractivity contribution in [1.82, 2.24) is 14.5 Å². The second-order valence-electron chi connectivity index (χ2n) is 7.43. The Morgan fingerprint density at radius 3 is 2.47 bits per heavy atom. The predicted octanol–water partition coefficient (Wildman–Crippen LogP) is 2.08. The third kappa shape index (κ3) is 5.45. The average Bonchev–Trinajstić information content (AvgIpc) is 2.78. The second kappa shape index (κ2) is 9.85. The number of nitrogens with one attached hydrogen (secondary N) is 1. The number of sulfonamides is 1. The van der Waals surface area contributed by atoms with E-state index in [1.807, 2.05) is 24.3 Å². The lowest BCUT2D eigenvalue weighted by Crippen LogP contribution is -2.48. The van der Waals surface area contributed by atoms with E-state index in [4.69, 9.17) is 5.26 Å². The molecule has 1 N–H and O–H groups in total. The number of carbonyl (C=O) groups is 1. The van der Waals surface area contributed by atoms with Crippen LogP contribution in [0.3, 0.4) is 0 Å². The van der Waals surface area contributed by atoms with Crippen molar-refractivity contribution in [3.8, 4) is 6.07 Å². The monoisotopic (exact) mass is 426 g/mol. The summed E-state index contributed by atoms with van der Waals surface area (Å²) in [6, 6.07) is 18.2. The lowest BCUT2D eigenvalue weighted by Gasteiger charge is -2.34. The zero-order valence-electron chi connectivity index (χ0n) is 17.0. The highest BCUT2D eigenvalue weighted by Gasteiger charge is 2.29. The lowest BCUT2D eigenvalue weighted by molar-refractivity contribution is 0.0950. The molecular formula is C22H26N4O3S. The van der Waals surface area contributed by atoms with Gasteiger partial charge < -0.3 is 5.32 Å². The molecule has 1 aliphatic rings. The predicted molar refractivity (Wildman–Crippen MR) is 114 cm³/mol. The summed E-state index contributed by atoms with van der Waals surface area (Å²) in [4.78, 5) is 14.7. The van der Waals surface area contributed by atoms with Gasteiger partial charge in [0.15, 0.2) is 0 Å². The molecule has 158 valence electrons. The molecule has 2 aromatic rings. The SMILES string of the molecule is CC(C#N)CNC(=O)c1cccc(S(=O)(=O)N2CCN(Cc3ccccc3)CC2)c1. The normalized spacial score (nSPS) is 16.5. The maximum atomic E-state index is 13.1. The molecule has 1 unspecified atom stereocenters. The van der Waals surface area contributed by atoms with Gasteiger partial charge in [0.05, 0.1) is 16.9 Å². The highest BCUT2D eigenvalue weighted by Crippen LogP contribution is 2.20. The van der Waals surface area contributed by atoms with Crippen molar-refractivity contribution in [1.29, 1.82) is 5.26 Å². The smallest absolute Gasteiger partial charge is 0.251 e. The number of hydrogen-bond donors (Lipinski definition) is 1. The van der Waals surface area contributed by atoms with Crippen molar-refractivity contribution in [3.05, 3.63) is 65.7 Å². The van der Waals surface area contributed by atoms with Gasteiger partial charge in [-0.05, 0) is 30.7 Å². The molecule has 1 heterocycles. The summed E-state index contributed by atoms with van der Waals surface area (Å²) >= 11 is 0. The Balaban J connectivity index is 1.63. The summed E-state index contributed by atoms with van der Waals surface area (Å²) in [5.74, 6) is -0.699. The van der Waals surface area contributed by atoms with Crippen LogP contribution in [0.15, 0.2) is 59.5 Å². The molecule has 1 aliphatic heterocycles. The largest absolute Gasteiger partial charge is 0.351 e. The van der Waals surface area contributed by atoms with E-state index in [-0.39, 0.29) is 28.8 Å². The Bertz CT molecular complexity index is 1010. The molecule has 0 saturated carbocycles. The molecule has 3 rings (SSSR count). The van der Waals surface area contributed by atoms with Crippen molar-refractivity contribution >= 4 is 15.9 Å². The van der Waals surface area contributed by atoms with Crippen LogP contribution in [0.25, 0.3) is 0 Å². The van der Waals surface area contributed by atoms with E-state index in [2.05, 4.69) is 22.3 Å². The van der Waals surface area contributed by atoms with Crippen molar-refractivity contribution in [2.45, 2.75) is 18.4 Å². The average molecular weight is 427 g/mol. The van der Waals surface area contributed by atoms with Crippen molar-refractivity contribution < 1.29 is 13.2 Å². The van der Waals surface area contributed by atoms with Gasteiger partial charge in [-0.3, -0.25) is 9.69 Å². The van der Waals surface area contributed by atoms with Crippen molar-refractivity contribution in [2.75, 3.05) is 32.7 Å². The third-order valence-corrected chi connectivity index (χ3v) is 7.00. The number of carbonyl (C=O) groups excluding carboxylic acids is 1. The summed E-state index contributed by atoms with van der Waals surface area (Å²) < 4.78 is 27.6.